The zero-order chi connectivity index (χ0) is 19.7. The number of anilines is 1. The lowest BCUT2D eigenvalue weighted by molar-refractivity contribution is -0.122. The van der Waals surface area contributed by atoms with Crippen molar-refractivity contribution in [2.45, 2.75) is 23.6 Å². The van der Waals surface area contributed by atoms with Crippen molar-refractivity contribution in [1.82, 2.24) is 4.72 Å². The smallest absolute Gasteiger partial charge is 0.402 e. The molecule has 0 fully saturated rings. The second kappa shape index (κ2) is 7.20. The molecule has 0 bridgehead atoms. The number of para-hydroxylation sites is 1. The van der Waals surface area contributed by atoms with E-state index >= 15 is 0 Å². The summed E-state index contributed by atoms with van der Waals surface area (Å²) in [5.41, 5.74) is 1.21. The molecular weight excluding hydrogens is 385 g/mol. The Hall–Kier alpha value is -2.59. The van der Waals surface area contributed by atoms with Crippen LogP contribution < -0.4 is 14.8 Å². The number of hydrogen-bond donors (Lipinski definition) is 2. The Bertz CT molecular complexity index is 918. The Labute approximate surface area is 153 Å². The van der Waals surface area contributed by atoms with Crippen LogP contribution in [0.3, 0.4) is 0 Å². The highest BCUT2D eigenvalue weighted by Crippen LogP contribution is 2.28. The highest BCUT2D eigenvalue weighted by Gasteiger charge is 2.30. The molecule has 0 spiro atoms. The molecule has 27 heavy (non-hydrogen) atoms. The van der Waals surface area contributed by atoms with E-state index in [1.165, 1.54) is 16.9 Å². The van der Waals surface area contributed by atoms with Crippen molar-refractivity contribution in [2.24, 2.45) is 0 Å². The predicted octanol–water partition coefficient (Wildman–Crippen LogP) is 2.47. The van der Waals surface area contributed by atoms with Crippen LogP contribution in [0.4, 0.5) is 18.9 Å². The molecule has 1 heterocycles. The third-order valence-electron chi connectivity index (χ3n) is 3.83. The summed E-state index contributed by atoms with van der Waals surface area (Å²) in [4.78, 5) is 11.9. The highest BCUT2D eigenvalue weighted by atomic mass is 32.2. The van der Waals surface area contributed by atoms with Crippen LogP contribution in [-0.2, 0) is 21.2 Å². The number of nitrogens with one attached hydrogen (secondary N) is 2. The summed E-state index contributed by atoms with van der Waals surface area (Å²) < 4.78 is 67.2. The molecule has 0 saturated heterocycles. The number of carbonyl (C=O) groups is 1. The number of fused-ring (bicyclic) bond motifs is 1. The third-order valence-corrected chi connectivity index (χ3v) is 5.25. The summed E-state index contributed by atoms with van der Waals surface area (Å²) in [6.07, 6.45) is -4.95. The van der Waals surface area contributed by atoms with Crippen LogP contribution in [0.1, 0.15) is 5.56 Å². The van der Waals surface area contributed by atoms with Gasteiger partial charge in [-0.05, 0) is 35.9 Å². The first-order valence-corrected chi connectivity index (χ1v) is 9.34. The van der Waals surface area contributed by atoms with Gasteiger partial charge >= 0.3 is 6.18 Å². The summed E-state index contributed by atoms with van der Waals surface area (Å²) >= 11 is 0. The number of amides is 1. The third kappa shape index (κ3) is 4.77. The first-order chi connectivity index (χ1) is 12.6. The molecule has 0 unspecified atom stereocenters. The van der Waals surface area contributed by atoms with E-state index in [0.717, 1.165) is 17.7 Å². The maximum absolute atomic E-state index is 12.3. The Morgan fingerprint density at radius 2 is 1.78 bits per heavy atom. The molecular formula is C17H15F3N2O4S. The monoisotopic (exact) mass is 400 g/mol. The van der Waals surface area contributed by atoms with Crippen LogP contribution in [0.5, 0.6) is 5.75 Å². The van der Waals surface area contributed by atoms with E-state index in [0.29, 0.717) is 17.9 Å². The van der Waals surface area contributed by atoms with Crippen LogP contribution in [-0.4, -0.2) is 33.1 Å². The standard InChI is InChI=1S/C17H15F3N2O4S/c18-17(19,20)10-21-27(24,25)13-7-5-12(6-8-13)22-16(23)15-9-11-3-1-2-4-14(11)26-15/h1-8,15,21H,9-10H2,(H,22,23)/t15-/m1/s1. The van der Waals surface area contributed by atoms with E-state index in [2.05, 4.69) is 5.32 Å². The van der Waals surface area contributed by atoms with Gasteiger partial charge in [0.1, 0.15) is 12.3 Å². The van der Waals surface area contributed by atoms with Gasteiger partial charge in [0.25, 0.3) is 5.91 Å². The minimum absolute atomic E-state index is 0.300. The SMILES string of the molecule is O=C(Nc1ccc(S(=O)(=O)NCC(F)(F)F)cc1)[C@H]1Cc2ccccc2O1. The molecule has 1 amide bonds. The molecule has 3 rings (SSSR count). The number of alkyl halides is 3. The largest absolute Gasteiger partial charge is 0.480 e. The second-order valence-electron chi connectivity index (χ2n) is 5.87. The lowest BCUT2D eigenvalue weighted by Gasteiger charge is -2.12. The van der Waals surface area contributed by atoms with E-state index in [1.807, 2.05) is 12.1 Å². The van der Waals surface area contributed by atoms with Crippen molar-refractivity contribution in [3.63, 3.8) is 0 Å². The molecule has 0 aromatic heterocycles. The Morgan fingerprint density at radius 1 is 1.11 bits per heavy atom. The number of rotatable bonds is 5. The molecule has 2 N–H and O–H groups in total. The van der Waals surface area contributed by atoms with Gasteiger partial charge in [-0.15, -0.1) is 0 Å². The van der Waals surface area contributed by atoms with E-state index in [4.69, 9.17) is 4.74 Å². The van der Waals surface area contributed by atoms with Gasteiger partial charge in [-0.1, -0.05) is 18.2 Å². The quantitative estimate of drug-likeness (QED) is 0.808. The van der Waals surface area contributed by atoms with Gasteiger partial charge in [-0.2, -0.15) is 13.2 Å². The normalized spacial score (nSPS) is 16.5. The van der Waals surface area contributed by atoms with Crippen LogP contribution in [0.15, 0.2) is 53.4 Å². The van der Waals surface area contributed by atoms with Crippen molar-refractivity contribution in [3.05, 3.63) is 54.1 Å². The average Bonchev–Trinajstić information content (AvgIpc) is 3.04. The molecule has 10 heteroatoms. The van der Waals surface area contributed by atoms with Crippen molar-refractivity contribution >= 4 is 21.6 Å². The minimum Gasteiger partial charge on any atom is -0.480 e. The molecule has 2 aromatic carbocycles. The fourth-order valence-electron chi connectivity index (χ4n) is 2.53. The van der Waals surface area contributed by atoms with Gasteiger partial charge in [0.05, 0.1) is 4.90 Å². The first-order valence-electron chi connectivity index (χ1n) is 7.86. The van der Waals surface area contributed by atoms with Gasteiger partial charge in [-0.25, -0.2) is 13.1 Å². The topological polar surface area (TPSA) is 84.5 Å². The van der Waals surface area contributed by atoms with Crippen molar-refractivity contribution in [1.29, 1.82) is 0 Å². The molecule has 0 radical (unpaired) electrons. The molecule has 2 aromatic rings. The fourth-order valence-corrected chi connectivity index (χ4v) is 3.54. The molecule has 1 aliphatic rings. The zero-order valence-corrected chi connectivity index (χ0v) is 14.6. The second-order valence-corrected chi connectivity index (χ2v) is 7.64. The molecule has 1 atom stereocenters. The van der Waals surface area contributed by atoms with E-state index < -0.39 is 34.8 Å². The molecule has 144 valence electrons. The van der Waals surface area contributed by atoms with Gasteiger partial charge in [-0.3, -0.25) is 4.79 Å². The van der Waals surface area contributed by atoms with Crippen LogP contribution in [0.25, 0.3) is 0 Å². The van der Waals surface area contributed by atoms with Gasteiger partial charge in [0.2, 0.25) is 10.0 Å². The molecule has 0 aliphatic carbocycles. The number of hydrogen-bond acceptors (Lipinski definition) is 4. The van der Waals surface area contributed by atoms with Gasteiger partial charge in [0.15, 0.2) is 6.10 Å². The number of ether oxygens (including phenoxy) is 1. The van der Waals surface area contributed by atoms with Crippen molar-refractivity contribution in [3.8, 4) is 5.75 Å². The first kappa shape index (κ1) is 19.2. The predicted molar refractivity (Wildman–Crippen MR) is 90.9 cm³/mol. The number of sulfonamides is 1. The number of halogens is 3. The lowest BCUT2D eigenvalue weighted by atomic mass is 10.1. The lowest BCUT2D eigenvalue weighted by Crippen LogP contribution is -2.33. The van der Waals surface area contributed by atoms with Crippen molar-refractivity contribution in [2.75, 3.05) is 11.9 Å². The Balaban J connectivity index is 1.62. The number of carbonyl (C=O) groups excluding carboxylic acids is 1. The summed E-state index contributed by atoms with van der Waals surface area (Å²) in [6, 6.07) is 12.1. The van der Waals surface area contributed by atoms with Crippen LogP contribution >= 0.6 is 0 Å². The van der Waals surface area contributed by atoms with Crippen LogP contribution in [0, 0.1) is 0 Å². The molecule has 1 aliphatic heterocycles. The van der Waals surface area contributed by atoms with Crippen LogP contribution in [0.2, 0.25) is 0 Å². The number of benzene rings is 2. The summed E-state index contributed by atoms with van der Waals surface area (Å²) in [7, 11) is -4.30. The fraction of sp³-hybridized carbons (Fsp3) is 0.235. The highest BCUT2D eigenvalue weighted by molar-refractivity contribution is 7.89. The van der Waals surface area contributed by atoms with E-state index in [1.54, 1.807) is 12.1 Å². The van der Waals surface area contributed by atoms with E-state index in [9.17, 15) is 26.4 Å². The summed E-state index contributed by atoms with van der Waals surface area (Å²) in [6.45, 7) is -1.66. The van der Waals surface area contributed by atoms with Gasteiger partial charge < -0.3 is 10.1 Å². The maximum Gasteiger partial charge on any atom is 0.402 e. The average molecular weight is 400 g/mol. The maximum atomic E-state index is 12.3. The van der Waals surface area contributed by atoms with E-state index in [-0.39, 0.29) is 4.90 Å². The Kier molecular flexibility index (Phi) is 5.11. The minimum atomic E-state index is -4.65. The summed E-state index contributed by atoms with van der Waals surface area (Å²) in [5.74, 6) is 0.229. The Morgan fingerprint density at radius 3 is 2.41 bits per heavy atom. The molecule has 0 saturated carbocycles. The summed E-state index contributed by atoms with van der Waals surface area (Å²) in [5, 5.41) is 2.59. The zero-order valence-electron chi connectivity index (χ0n) is 13.8. The van der Waals surface area contributed by atoms with Gasteiger partial charge in [0, 0.05) is 12.1 Å². The van der Waals surface area contributed by atoms with Crippen molar-refractivity contribution < 1.29 is 31.1 Å². The molecule has 6 nitrogen and oxygen atoms in total.